The molecule has 82 valence electrons. The summed E-state index contributed by atoms with van der Waals surface area (Å²) >= 11 is 0. The van der Waals surface area contributed by atoms with Crippen molar-refractivity contribution in [2.75, 3.05) is 7.05 Å². The van der Waals surface area contributed by atoms with Crippen molar-refractivity contribution < 1.29 is 9.13 Å². The molecule has 2 nitrogen and oxygen atoms in total. The summed E-state index contributed by atoms with van der Waals surface area (Å²) in [6.45, 7) is 2.10. The first-order chi connectivity index (χ1) is 7.20. The zero-order valence-electron chi connectivity index (χ0n) is 9.09. The standard InChI is InChI=1S/C12H16FNO/c1-8(14-2)6-9-7-10-11(13)4-3-5-12(10)15-9/h3-5,8-9,14H,6-7H2,1-2H3. The van der Waals surface area contributed by atoms with Crippen LogP contribution in [0, 0.1) is 5.82 Å². The third-order valence-electron chi connectivity index (χ3n) is 2.91. The van der Waals surface area contributed by atoms with Gasteiger partial charge >= 0.3 is 0 Å². The normalized spacial score (nSPS) is 20.9. The highest BCUT2D eigenvalue weighted by molar-refractivity contribution is 5.38. The molecule has 0 spiro atoms. The van der Waals surface area contributed by atoms with Crippen molar-refractivity contribution in [3.63, 3.8) is 0 Å². The fourth-order valence-corrected chi connectivity index (χ4v) is 1.94. The van der Waals surface area contributed by atoms with Crippen LogP contribution in [0.1, 0.15) is 18.9 Å². The lowest BCUT2D eigenvalue weighted by Gasteiger charge is -2.15. The summed E-state index contributed by atoms with van der Waals surface area (Å²) in [5, 5.41) is 3.16. The van der Waals surface area contributed by atoms with Gasteiger partial charge in [0, 0.05) is 18.0 Å². The van der Waals surface area contributed by atoms with Crippen LogP contribution in [0.5, 0.6) is 5.75 Å². The fourth-order valence-electron chi connectivity index (χ4n) is 1.94. The van der Waals surface area contributed by atoms with Crippen molar-refractivity contribution in [2.24, 2.45) is 0 Å². The summed E-state index contributed by atoms with van der Waals surface area (Å²) in [5.74, 6) is 0.565. The second kappa shape index (κ2) is 4.19. The van der Waals surface area contributed by atoms with Crippen molar-refractivity contribution in [1.82, 2.24) is 5.32 Å². The summed E-state index contributed by atoms with van der Waals surface area (Å²) < 4.78 is 19.1. The van der Waals surface area contributed by atoms with Crippen LogP contribution in [0.2, 0.25) is 0 Å². The van der Waals surface area contributed by atoms with Gasteiger partial charge in [-0.2, -0.15) is 0 Å². The Morgan fingerprint density at radius 1 is 1.60 bits per heavy atom. The van der Waals surface area contributed by atoms with Gasteiger partial charge in [-0.15, -0.1) is 0 Å². The van der Waals surface area contributed by atoms with E-state index in [0.717, 1.165) is 12.0 Å². The Kier molecular flexibility index (Phi) is 2.91. The van der Waals surface area contributed by atoms with Crippen LogP contribution < -0.4 is 10.1 Å². The molecule has 2 rings (SSSR count). The molecule has 0 bridgehead atoms. The molecule has 0 fully saturated rings. The van der Waals surface area contributed by atoms with Crippen LogP contribution in [0.4, 0.5) is 4.39 Å². The summed E-state index contributed by atoms with van der Waals surface area (Å²) in [5.41, 5.74) is 0.728. The van der Waals surface area contributed by atoms with E-state index >= 15 is 0 Å². The van der Waals surface area contributed by atoms with E-state index in [1.165, 1.54) is 6.07 Å². The fraction of sp³-hybridized carbons (Fsp3) is 0.500. The van der Waals surface area contributed by atoms with Crippen molar-refractivity contribution >= 4 is 0 Å². The Labute approximate surface area is 89.4 Å². The van der Waals surface area contributed by atoms with Crippen LogP contribution in [0.25, 0.3) is 0 Å². The number of halogens is 1. The van der Waals surface area contributed by atoms with E-state index in [0.29, 0.717) is 18.2 Å². The van der Waals surface area contributed by atoms with Crippen molar-refractivity contribution in [1.29, 1.82) is 0 Å². The van der Waals surface area contributed by atoms with Gasteiger partial charge in [0.1, 0.15) is 17.7 Å². The van der Waals surface area contributed by atoms with E-state index in [-0.39, 0.29) is 11.9 Å². The molecule has 1 aromatic carbocycles. The highest BCUT2D eigenvalue weighted by atomic mass is 19.1. The number of benzene rings is 1. The average Bonchev–Trinajstić information content (AvgIpc) is 2.62. The molecule has 1 aliphatic rings. The van der Waals surface area contributed by atoms with Crippen LogP contribution in [0.15, 0.2) is 18.2 Å². The Morgan fingerprint density at radius 2 is 2.40 bits per heavy atom. The number of hydrogen-bond donors (Lipinski definition) is 1. The highest BCUT2D eigenvalue weighted by Crippen LogP contribution is 2.32. The zero-order chi connectivity index (χ0) is 10.8. The van der Waals surface area contributed by atoms with E-state index in [1.807, 2.05) is 13.1 Å². The van der Waals surface area contributed by atoms with Gasteiger partial charge in [0.15, 0.2) is 0 Å². The number of hydrogen-bond acceptors (Lipinski definition) is 2. The van der Waals surface area contributed by atoms with Gasteiger partial charge < -0.3 is 10.1 Å². The SMILES string of the molecule is CNC(C)CC1Cc2c(F)cccc2O1. The summed E-state index contributed by atoms with van der Waals surface area (Å²) in [7, 11) is 1.92. The first-order valence-electron chi connectivity index (χ1n) is 5.32. The largest absolute Gasteiger partial charge is 0.490 e. The molecule has 0 radical (unpaired) electrons. The van der Waals surface area contributed by atoms with Gasteiger partial charge in [0.05, 0.1) is 0 Å². The number of ether oxygens (including phenoxy) is 1. The lowest BCUT2D eigenvalue weighted by Crippen LogP contribution is -2.28. The molecule has 1 aliphatic heterocycles. The number of fused-ring (bicyclic) bond motifs is 1. The van der Waals surface area contributed by atoms with Gasteiger partial charge in [-0.25, -0.2) is 4.39 Å². The molecule has 0 aliphatic carbocycles. The maximum atomic E-state index is 13.4. The van der Waals surface area contributed by atoms with E-state index < -0.39 is 0 Å². The molecule has 2 unspecified atom stereocenters. The van der Waals surface area contributed by atoms with Crippen LogP contribution >= 0.6 is 0 Å². The minimum absolute atomic E-state index is 0.111. The molecule has 0 saturated carbocycles. The zero-order valence-corrected chi connectivity index (χ0v) is 9.09. The predicted octanol–water partition coefficient (Wildman–Crippen LogP) is 2.13. The Bertz CT molecular complexity index is 353. The molecule has 15 heavy (non-hydrogen) atoms. The Morgan fingerprint density at radius 3 is 3.07 bits per heavy atom. The van der Waals surface area contributed by atoms with E-state index in [2.05, 4.69) is 12.2 Å². The minimum atomic E-state index is -0.146. The number of rotatable bonds is 3. The topological polar surface area (TPSA) is 21.3 Å². The molecular formula is C12H16FNO. The summed E-state index contributed by atoms with van der Waals surface area (Å²) in [6.07, 6.45) is 1.71. The third-order valence-corrected chi connectivity index (χ3v) is 2.91. The summed E-state index contributed by atoms with van der Waals surface area (Å²) in [4.78, 5) is 0. The monoisotopic (exact) mass is 209 g/mol. The van der Waals surface area contributed by atoms with Crippen LogP contribution in [-0.4, -0.2) is 19.2 Å². The van der Waals surface area contributed by atoms with Gasteiger partial charge in [0.2, 0.25) is 0 Å². The van der Waals surface area contributed by atoms with Gasteiger partial charge in [0.25, 0.3) is 0 Å². The Balaban J connectivity index is 2.06. The quantitative estimate of drug-likeness (QED) is 0.823. The van der Waals surface area contributed by atoms with Gasteiger partial charge in [-0.3, -0.25) is 0 Å². The summed E-state index contributed by atoms with van der Waals surface area (Å²) in [6, 6.07) is 5.42. The molecule has 0 amide bonds. The predicted molar refractivity (Wildman–Crippen MR) is 57.7 cm³/mol. The van der Waals surface area contributed by atoms with E-state index in [9.17, 15) is 4.39 Å². The first-order valence-corrected chi connectivity index (χ1v) is 5.32. The van der Waals surface area contributed by atoms with Crippen LogP contribution in [0.3, 0.4) is 0 Å². The first kappa shape index (κ1) is 10.4. The molecule has 0 aromatic heterocycles. The van der Waals surface area contributed by atoms with Gasteiger partial charge in [-0.1, -0.05) is 6.07 Å². The lowest BCUT2D eigenvalue weighted by atomic mass is 10.0. The molecule has 1 heterocycles. The van der Waals surface area contributed by atoms with Gasteiger partial charge in [-0.05, 0) is 32.5 Å². The van der Waals surface area contributed by atoms with Crippen molar-refractivity contribution in [3.8, 4) is 5.75 Å². The maximum Gasteiger partial charge on any atom is 0.130 e. The van der Waals surface area contributed by atoms with E-state index in [1.54, 1.807) is 6.07 Å². The molecular weight excluding hydrogens is 193 g/mol. The van der Waals surface area contributed by atoms with Crippen LogP contribution in [-0.2, 0) is 6.42 Å². The number of nitrogens with one attached hydrogen (secondary N) is 1. The van der Waals surface area contributed by atoms with E-state index in [4.69, 9.17) is 4.74 Å². The minimum Gasteiger partial charge on any atom is -0.490 e. The van der Waals surface area contributed by atoms with Crippen molar-refractivity contribution in [3.05, 3.63) is 29.6 Å². The molecule has 1 aromatic rings. The second-order valence-electron chi connectivity index (χ2n) is 4.09. The highest BCUT2D eigenvalue weighted by Gasteiger charge is 2.26. The molecule has 1 N–H and O–H groups in total. The second-order valence-corrected chi connectivity index (χ2v) is 4.09. The lowest BCUT2D eigenvalue weighted by molar-refractivity contribution is 0.207. The maximum absolute atomic E-state index is 13.4. The molecule has 0 saturated heterocycles. The Hall–Kier alpha value is -1.09. The molecule has 2 atom stereocenters. The third kappa shape index (κ3) is 2.12. The van der Waals surface area contributed by atoms with Crippen molar-refractivity contribution in [2.45, 2.75) is 31.9 Å². The average molecular weight is 209 g/mol. The smallest absolute Gasteiger partial charge is 0.130 e. The molecule has 3 heteroatoms.